The van der Waals surface area contributed by atoms with Crippen LogP contribution in [0.3, 0.4) is 0 Å². The Hall–Kier alpha value is -3.99. The number of ether oxygens (including phenoxy) is 1. The van der Waals surface area contributed by atoms with E-state index in [1.165, 1.54) is 12.3 Å². The smallest absolute Gasteiger partial charge is 0.336 e. The molecule has 5 nitrogen and oxygen atoms in total. The molecule has 0 unspecified atom stereocenters. The van der Waals surface area contributed by atoms with Crippen LogP contribution in [0.15, 0.2) is 96.1 Å². The fraction of sp³-hybridized carbons (Fsp3) is 0.0417. The molecule has 3 rings (SSSR count). The lowest BCUT2D eigenvalue weighted by molar-refractivity contribution is -0.129. The van der Waals surface area contributed by atoms with Gasteiger partial charge in [-0.1, -0.05) is 60.7 Å². The maximum absolute atomic E-state index is 11.9. The van der Waals surface area contributed by atoms with Crippen molar-refractivity contribution >= 4 is 24.2 Å². The van der Waals surface area contributed by atoms with Crippen molar-refractivity contribution in [1.29, 1.82) is 0 Å². The van der Waals surface area contributed by atoms with Gasteiger partial charge in [-0.3, -0.25) is 4.79 Å². The first-order valence-electron chi connectivity index (χ1n) is 9.10. The van der Waals surface area contributed by atoms with Gasteiger partial charge in [0, 0.05) is 6.08 Å². The number of nitrogens with one attached hydrogen (secondary N) is 1. The van der Waals surface area contributed by atoms with E-state index in [0.717, 1.165) is 16.7 Å². The zero-order valence-corrected chi connectivity index (χ0v) is 15.7. The number of hydrogen-bond donors (Lipinski definition) is 1. The van der Waals surface area contributed by atoms with Crippen molar-refractivity contribution in [3.8, 4) is 5.75 Å². The highest BCUT2D eigenvalue weighted by Gasteiger charge is 2.02. The predicted octanol–water partition coefficient (Wildman–Crippen LogP) is 4.00. The summed E-state index contributed by atoms with van der Waals surface area (Å²) in [6, 6.07) is 25.8. The highest BCUT2D eigenvalue weighted by Crippen LogP contribution is 2.12. The fourth-order valence-corrected chi connectivity index (χ4v) is 2.50. The Morgan fingerprint density at radius 2 is 1.48 bits per heavy atom. The van der Waals surface area contributed by atoms with E-state index in [4.69, 9.17) is 4.74 Å². The second-order valence-electron chi connectivity index (χ2n) is 6.19. The number of esters is 1. The van der Waals surface area contributed by atoms with Gasteiger partial charge in [0.2, 0.25) is 5.91 Å². The van der Waals surface area contributed by atoms with E-state index in [9.17, 15) is 9.59 Å². The van der Waals surface area contributed by atoms with Gasteiger partial charge in [-0.2, -0.15) is 5.10 Å². The number of benzene rings is 3. The van der Waals surface area contributed by atoms with Crippen LogP contribution in [0.2, 0.25) is 0 Å². The number of hydrogen-bond acceptors (Lipinski definition) is 4. The van der Waals surface area contributed by atoms with Crippen LogP contribution in [-0.2, 0) is 16.0 Å². The summed E-state index contributed by atoms with van der Waals surface area (Å²) in [6.07, 6.45) is 4.88. The summed E-state index contributed by atoms with van der Waals surface area (Å²) in [5, 5.41) is 3.95. The minimum Gasteiger partial charge on any atom is -0.423 e. The quantitative estimate of drug-likeness (QED) is 0.220. The van der Waals surface area contributed by atoms with Gasteiger partial charge in [-0.15, -0.1) is 0 Å². The molecule has 1 amide bonds. The van der Waals surface area contributed by atoms with Crippen LogP contribution >= 0.6 is 0 Å². The molecule has 29 heavy (non-hydrogen) atoms. The molecular formula is C24H20N2O3. The average molecular weight is 384 g/mol. The first kappa shape index (κ1) is 19.8. The molecule has 1 N–H and O–H groups in total. The van der Waals surface area contributed by atoms with E-state index in [1.807, 2.05) is 60.7 Å². The number of carbonyl (C=O) groups is 2. The van der Waals surface area contributed by atoms with Crippen LogP contribution in [0, 0.1) is 0 Å². The maximum atomic E-state index is 11.9. The third kappa shape index (κ3) is 6.92. The summed E-state index contributed by atoms with van der Waals surface area (Å²) < 4.78 is 5.26. The topological polar surface area (TPSA) is 67.8 Å². The molecule has 0 saturated heterocycles. The third-order valence-corrected chi connectivity index (χ3v) is 3.92. The Bertz CT molecular complexity index is 995. The lowest BCUT2D eigenvalue weighted by atomic mass is 10.1. The zero-order valence-electron chi connectivity index (χ0n) is 15.7. The van der Waals surface area contributed by atoms with E-state index in [1.54, 1.807) is 30.3 Å². The molecule has 3 aromatic carbocycles. The molecule has 3 aromatic rings. The first-order valence-corrected chi connectivity index (χ1v) is 9.10. The molecule has 0 atom stereocenters. The van der Waals surface area contributed by atoms with E-state index >= 15 is 0 Å². The van der Waals surface area contributed by atoms with Crippen LogP contribution < -0.4 is 10.2 Å². The van der Waals surface area contributed by atoms with Crippen LogP contribution in [0.5, 0.6) is 5.75 Å². The third-order valence-electron chi connectivity index (χ3n) is 3.92. The van der Waals surface area contributed by atoms with Crippen LogP contribution in [-0.4, -0.2) is 18.1 Å². The highest BCUT2D eigenvalue weighted by atomic mass is 16.5. The normalized spacial score (nSPS) is 10.9. The van der Waals surface area contributed by atoms with Gasteiger partial charge in [0.15, 0.2) is 0 Å². The summed E-state index contributed by atoms with van der Waals surface area (Å²) in [5.74, 6) is -0.218. The Morgan fingerprint density at radius 3 is 2.17 bits per heavy atom. The summed E-state index contributed by atoms with van der Waals surface area (Å²) >= 11 is 0. The van der Waals surface area contributed by atoms with E-state index in [-0.39, 0.29) is 12.3 Å². The fourth-order valence-electron chi connectivity index (χ4n) is 2.50. The van der Waals surface area contributed by atoms with Crippen molar-refractivity contribution in [1.82, 2.24) is 5.43 Å². The molecule has 0 saturated carbocycles. The molecule has 0 heterocycles. The van der Waals surface area contributed by atoms with E-state index in [0.29, 0.717) is 5.75 Å². The van der Waals surface area contributed by atoms with Crippen LogP contribution in [0.4, 0.5) is 0 Å². The molecule has 0 aliphatic carbocycles. The first-order chi connectivity index (χ1) is 14.2. The van der Waals surface area contributed by atoms with Crippen molar-refractivity contribution in [3.63, 3.8) is 0 Å². The second-order valence-corrected chi connectivity index (χ2v) is 6.19. The minimum absolute atomic E-state index is 0.191. The average Bonchev–Trinajstić information content (AvgIpc) is 2.75. The van der Waals surface area contributed by atoms with Gasteiger partial charge in [0.1, 0.15) is 5.75 Å². The number of nitrogens with zero attached hydrogens (tertiary/aromatic N) is 1. The van der Waals surface area contributed by atoms with Crippen molar-refractivity contribution in [2.75, 3.05) is 0 Å². The van der Waals surface area contributed by atoms with Crippen molar-refractivity contribution in [2.24, 2.45) is 5.10 Å². The molecule has 5 heteroatoms. The minimum atomic E-state index is -0.455. The largest absolute Gasteiger partial charge is 0.423 e. The lowest BCUT2D eigenvalue weighted by Gasteiger charge is -2.02. The summed E-state index contributed by atoms with van der Waals surface area (Å²) in [7, 11) is 0. The summed E-state index contributed by atoms with van der Waals surface area (Å²) in [5.41, 5.74) is 5.11. The van der Waals surface area contributed by atoms with Crippen molar-refractivity contribution in [2.45, 2.75) is 6.42 Å². The standard InChI is InChI=1S/C24H20N2O3/c27-23(17-20-9-5-2-6-10-20)26-25-18-21-11-14-22(15-12-21)29-24(28)16-13-19-7-3-1-4-8-19/h1-16,18H,17H2,(H,26,27)/b16-13+,25-18+. The number of hydrazone groups is 1. The Labute approximate surface area is 169 Å². The Kier molecular flexibility index (Phi) is 7.07. The Morgan fingerprint density at radius 1 is 0.828 bits per heavy atom. The lowest BCUT2D eigenvalue weighted by Crippen LogP contribution is -2.19. The maximum Gasteiger partial charge on any atom is 0.336 e. The monoisotopic (exact) mass is 384 g/mol. The van der Waals surface area contributed by atoms with Gasteiger partial charge >= 0.3 is 5.97 Å². The van der Waals surface area contributed by atoms with Gasteiger partial charge < -0.3 is 4.74 Å². The molecule has 0 aromatic heterocycles. The number of rotatable bonds is 7. The van der Waals surface area contributed by atoms with Gasteiger partial charge in [-0.25, -0.2) is 10.2 Å². The van der Waals surface area contributed by atoms with Gasteiger partial charge in [-0.05, 0) is 47.0 Å². The van der Waals surface area contributed by atoms with Crippen molar-refractivity contribution in [3.05, 3.63) is 108 Å². The molecule has 0 spiro atoms. The van der Waals surface area contributed by atoms with E-state index < -0.39 is 5.97 Å². The van der Waals surface area contributed by atoms with E-state index in [2.05, 4.69) is 10.5 Å². The second kappa shape index (κ2) is 10.4. The molecule has 0 fully saturated rings. The summed E-state index contributed by atoms with van der Waals surface area (Å²) in [4.78, 5) is 23.7. The molecule has 0 bridgehead atoms. The van der Waals surface area contributed by atoms with Crippen molar-refractivity contribution < 1.29 is 14.3 Å². The van der Waals surface area contributed by atoms with Gasteiger partial charge in [0.25, 0.3) is 0 Å². The Balaban J connectivity index is 1.47. The zero-order chi connectivity index (χ0) is 20.3. The molecule has 144 valence electrons. The summed E-state index contributed by atoms with van der Waals surface area (Å²) in [6.45, 7) is 0. The molecule has 0 aliphatic rings. The molecule has 0 aliphatic heterocycles. The number of carbonyl (C=O) groups excluding carboxylic acids is 2. The van der Waals surface area contributed by atoms with Gasteiger partial charge in [0.05, 0.1) is 12.6 Å². The van der Waals surface area contributed by atoms with Crippen LogP contribution in [0.1, 0.15) is 16.7 Å². The van der Waals surface area contributed by atoms with Crippen LogP contribution in [0.25, 0.3) is 6.08 Å². The highest BCUT2D eigenvalue weighted by molar-refractivity contribution is 5.89. The SMILES string of the molecule is O=C(Cc1ccccc1)N/N=C/c1ccc(OC(=O)/C=C/c2ccccc2)cc1. The molecule has 0 radical (unpaired) electrons. The predicted molar refractivity (Wildman–Crippen MR) is 113 cm³/mol. The number of amides is 1. The molecular weight excluding hydrogens is 364 g/mol.